The molecule has 0 aliphatic carbocycles. The van der Waals surface area contributed by atoms with Crippen LogP contribution in [0.15, 0.2) is 65.6 Å². The fourth-order valence-electron chi connectivity index (χ4n) is 4.12. The number of benzene rings is 3. The first-order valence-electron chi connectivity index (χ1n) is 12.2. The summed E-state index contributed by atoms with van der Waals surface area (Å²) < 4.78 is 28.4. The maximum absolute atomic E-state index is 13.7. The zero-order chi connectivity index (χ0) is 28.4. The summed E-state index contributed by atoms with van der Waals surface area (Å²) in [6.45, 7) is 8.78. The van der Waals surface area contributed by atoms with Crippen molar-refractivity contribution in [2.75, 3.05) is 30.3 Å². The number of phenolic OH excluding ortho intramolecular Hbond substituents is 1. The van der Waals surface area contributed by atoms with E-state index in [1.165, 1.54) is 29.2 Å². The number of carbonyl (C=O) groups excluding carboxylic acids is 2. The molecule has 0 aromatic heterocycles. The van der Waals surface area contributed by atoms with Gasteiger partial charge in [0.2, 0.25) is 5.91 Å². The van der Waals surface area contributed by atoms with E-state index < -0.39 is 22.5 Å². The van der Waals surface area contributed by atoms with Gasteiger partial charge in [0.1, 0.15) is 12.3 Å². The minimum absolute atomic E-state index is 0.0325. The third-order valence-electron chi connectivity index (χ3n) is 6.14. The number of aromatic hydroxyl groups is 1. The van der Waals surface area contributed by atoms with Gasteiger partial charge in [-0.25, -0.2) is 8.42 Å². The highest BCUT2D eigenvalue weighted by atomic mass is 32.2. The molecule has 2 N–H and O–H groups in total. The van der Waals surface area contributed by atoms with Crippen LogP contribution in [-0.2, 0) is 20.2 Å². The Labute approximate surface area is 225 Å². The van der Waals surface area contributed by atoms with E-state index in [0.717, 1.165) is 9.87 Å². The number of nitrogens with zero attached hydrogens (tertiary/aromatic N) is 2. The summed E-state index contributed by atoms with van der Waals surface area (Å²) in [7, 11) is -0.839. The second kappa shape index (κ2) is 10.9. The average Bonchev–Trinajstić information content (AvgIpc) is 2.84. The molecule has 8 nitrogen and oxygen atoms in total. The van der Waals surface area contributed by atoms with Crippen molar-refractivity contribution < 1.29 is 23.1 Å². The lowest BCUT2D eigenvalue weighted by Crippen LogP contribution is -2.38. The summed E-state index contributed by atoms with van der Waals surface area (Å²) in [5, 5.41) is 13.1. The topological polar surface area (TPSA) is 107 Å². The average molecular weight is 538 g/mol. The Kier molecular flexibility index (Phi) is 8.21. The molecule has 0 aliphatic rings. The van der Waals surface area contributed by atoms with Crippen LogP contribution in [0.3, 0.4) is 0 Å². The summed E-state index contributed by atoms with van der Waals surface area (Å²) in [5.41, 5.74) is 2.50. The van der Waals surface area contributed by atoms with Gasteiger partial charge in [-0.2, -0.15) is 0 Å². The Balaban J connectivity index is 2.07. The van der Waals surface area contributed by atoms with E-state index in [4.69, 9.17) is 0 Å². The van der Waals surface area contributed by atoms with Gasteiger partial charge in [-0.15, -0.1) is 0 Å². The lowest BCUT2D eigenvalue weighted by atomic mass is 9.85. The van der Waals surface area contributed by atoms with Crippen molar-refractivity contribution in [3.8, 4) is 5.75 Å². The minimum Gasteiger partial charge on any atom is -0.507 e. The van der Waals surface area contributed by atoms with Gasteiger partial charge < -0.3 is 15.3 Å². The van der Waals surface area contributed by atoms with E-state index in [-0.39, 0.29) is 27.7 Å². The number of hydrogen-bond acceptors (Lipinski definition) is 5. The highest BCUT2D eigenvalue weighted by Crippen LogP contribution is 2.33. The Morgan fingerprint density at radius 1 is 0.921 bits per heavy atom. The highest BCUT2D eigenvalue weighted by Gasteiger charge is 2.29. The minimum atomic E-state index is -4.13. The van der Waals surface area contributed by atoms with Crippen LogP contribution in [-0.4, -0.2) is 50.9 Å². The molecule has 0 saturated heterocycles. The smallest absolute Gasteiger partial charge is 0.264 e. The molecule has 0 bridgehead atoms. The predicted molar refractivity (Wildman–Crippen MR) is 150 cm³/mol. The van der Waals surface area contributed by atoms with E-state index >= 15 is 0 Å². The first-order valence-corrected chi connectivity index (χ1v) is 13.6. The van der Waals surface area contributed by atoms with Gasteiger partial charge in [-0.05, 0) is 72.4 Å². The van der Waals surface area contributed by atoms with E-state index in [9.17, 15) is 23.1 Å². The first-order chi connectivity index (χ1) is 17.6. The second-order valence-electron chi connectivity index (χ2n) is 10.5. The monoisotopic (exact) mass is 537 g/mol. The van der Waals surface area contributed by atoms with Gasteiger partial charge in [-0.3, -0.25) is 13.9 Å². The van der Waals surface area contributed by atoms with E-state index in [1.54, 1.807) is 64.3 Å². The number of anilines is 2. The largest absolute Gasteiger partial charge is 0.507 e. The van der Waals surface area contributed by atoms with Gasteiger partial charge in [-0.1, -0.05) is 45.0 Å². The van der Waals surface area contributed by atoms with E-state index in [1.807, 2.05) is 20.8 Å². The van der Waals surface area contributed by atoms with Gasteiger partial charge in [0, 0.05) is 25.3 Å². The normalized spacial score (nSPS) is 11.7. The maximum Gasteiger partial charge on any atom is 0.264 e. The number of rotatable bonds is 7. The first kappa shape index (κ1) is 28.7. The molecule has 0 heterocycles. The number of sulfonamides is 1. The van der Waals surface area contributed by atoms with Gasteiger partial charge in [0.15, 0.2) is 0 Å². The molecule has 0 spiro atoms. The highest BCUT2D eigenvalue weighted by molar-refractivity contribution is 7.92. The summed E-state index contributed by atoms with van der Waals surface area (Å²) >= 11 is 0. The molecule has 3 aromatic carbocycles. The molecule has 2 amide bonds. The SMILES string of the molecule is Cc1cc(N(CC(=O)Nc2cc(C(=O)N(C)C)ccc2C(C)(C)C)S(=O)(=O)c2ccccc2)cc(C)c1O. The summed E-state index contributed by atoms with van der Waals surface area (Å²) in [5.74, 6) is -0.732. The van der Waals surface area contributed by atoms with Crippen LogP contribution in [0.1, 0.15) is 47.8 Å². The Hall–Kier alpha value is -3.85. The summed E-state index contributed by atoms with van der Waals surface area (Å²) in [6.07, 6.45) is 0. The van der Waals surface area contributed by atoms with Crippen LogP contribution in [0.4, 0.5) is 11.4 Å². The number of amides is 2. The molecule has 0 unspecified atom stereocenters. The lowest BCUT2D eigenvalue weighted by molar-refractivity contribution is -0.114. The van der Waals surface area contributed by atoms with Crippen LogP contribution in [0.25, 0.3) is 0 Å². The number of aryl methyl sites for hydroxylation is 2. The zero-order valence-corrected chi connectivity index (χ0v) is 23.7. The molecular formula is C29H35N3O5S. The summed E-state index contributed by atoms with van der Waals surface area (Å²) in [4.78, 5) is 27.5. The molecule has 0 saturated carbocycles. The molecule has 3 rings (SSSR count). The quantitative estimate of drug-likeness (QED) is 0.448. The molecule has 0 radical (unpaired) electrons. The fourth-order valence-corrected chi connectivity index (χ4v) is 5.55. The molecular weight excluding hydrogens is 502 g/mol. The number of hydrogen-bond donors (Lipinski definition) is 2. The molecule has 0 fully saturated rings. The van der Waals surface area contributed by atoms with Gasteiger partial charge in [0.25, 0.3) is 15.9 Å². The fraction of sp³-hybridized carbons (Fsp3) is 0.310. The van der Waals surface area contributed by atoms with Crippen LogP contribution < -0.4 is 9.62 Å². The zero-order valence-electron chi connectivity index (χ0n) is 22.9. The van der Waals surface area contributed by atoms with Crippen LogP contribution in [0.5, 0.6) is 5.75 Å². The third-order valence-corrected chi connectivity index (χ3v) is 7.93. The number of nitrogens with one attached hydrogen (secondary N) is 1. The second-order valence-corrected chi connectivity index (χ2v) is 12.4. The molecule has 0 aliphatic heterocycles. The predicted octanol–water partition coefficient (Wildman–Crippen LogP) is 4.84. The van der Waals surface area contributed by atoms with Gasteiger partial charge >= 0.3 is 0 Å². The Morgan fingerprint density at radius 2 is 1.50 bits per heavy atom. The van der Waals surface area contributed by atoms with Crippen LogP contribution in [0, 0.1) is 13.8 Å². The molecule has 9 heteroatoms. The molecule has 202 valence electrons. The van der Waals surface area contributed by atoms with Crippen molar-refractivity contribution in [1.29, 1.82) is 0 Å². The lowest BCUT2D eigenvalue weighted by Gasteiger charge is -2.27. The number of carbonyl (C=O) groups is 2. The van der Waals surface area contributed by atoms with Crippen LogP contribution in [0.2, 0.25) is 0 Å². The molecule has 3 aromatic rings. The van der Waals surface area contributed by atoms with Crippen molar-refractivity contribution in [3.05, 3.63) is 82.9 Å². The van der Waals surface area contributed by atoms with Crippen molar-refractivity contribution in [1.82, 2.24) is 4.90 Å². The van der Waals surface area contributed by atoms with Gasteiger partial charge in [0.05, 0.1) is 10.6 Å². The Bertz CT molecular complexity index is 1440. The maximum atomic E-state index is 13.7. The van der Waals surface area contributed by atoms with E-state index in [2.05, 4.69) is 5.32 Å². The van der Waals surface area contributed by atoms with Crippen molar-refractivity contribution in [3.63, 3.8) is 0 Å². The van der Waals surface area contributed by atoms with Crippen molar-refractivity contribution in [2.24, 2.45) is 0 Å². The van der Waals surface area contributed by atoms with Crippen molar-refractivity contribution >= 4 is 33.2 Å². The van der Waals surface area contributed by atoms with Crippen LogP contribution >= 0.6 is 0 Å². The Morgan fingerprint density at radius 3 is 2.03 bits per heavy atom. The van der Waals surface area contributed by atoms with Crippen molar-refractivity contribution in [2.45, 2.75) is 44.9 Å². The molecule has 38 heavy (non-hydrogen) atoms. The molecule has 0 atom stereocenters. The summed E-state index contributed by atoms with van der Waals surface area (Å²) in [6, 6.07) is 16.1. The third kappa shape index (κ3) is 6.16. The number of phenols is 1. The van der Waals surface area contributed by atoms with E-state index in [0.29, 0.717) is 22.4 Å². The standard InChI is InChI=1S/C29H35N3O5S/c1-19-15-22(16-20(2)27(19)34)32(38(36,37)23-11-9-8-10-12-23)18-26(33)30-25-17-21(28(35)31(6)7)13-14-24(25)29(3,4)5/h8-17,34H,18H2,1-7H3,(H,30,33).